The molecular weight excluding hydrogens is 328 g/mol. The number of hydrogen-bond donors (Lipinski definition) is 2. The van der Waals surface area contributed by atoms with Gasteiger partial charge < -0.3 is 11.5 Å². The van der Waals surface area contributed by atoms with Crippen LogP contribution >= 0.6 is 0 Å². The molecule has 5 nitrogen and oxygen atoms in total. The number of ketones is 1. The van der Waals surface area contributed by atoms with E-state index in [1.165, 1.54) is 0 Å². The number of carbonyl (C=O) groups is 3. The van der Waals surface area contributed by atoms with Crippen molar-refractivity contribution in [3.8, 4) is 0 Å². The molecular formula is C21H40N2O3. The van der Waals surface area contributed by atoms with Crippen molar-refractivity contribution in [3.05, 3.63) is 0 Å². The third-order valence-corrected chi connectivity index (χ3v) is 5.70. The zero-order valence-corrected chi connectivity index (χ0v) is 17.3. The standard InChI is InChI=1S/C21H40N2O3/c1-5-9-11-16(7-3)14-21(20(23)26,18(24)13-19(22)25)15-17(8-4)12-10-6-2/h16-17H,5-15H2,1-4H3,(H2,22,25)(H2,23,26). The van der Waals surface area contributed by atoms with Gasteiger partial charge in [-0.3, -0.25) is 14.4 Å². The van der Waals surface area contributed by atoms with Gasteiger partial charge in [-0.1, -0.05) is 79.1 Å². The average molecular weight is 369 g/mol. The summed E-state index contributed by atoms with van der Waals surface area (Å²) in [5.74, 6) is -1.16. The summed E-state index contributed by atoms with van der Waals surface area (Å²) in [6.45, 7) is 8.42. The predicted molar refractivity (Wildman–Crippen MR) is 106 cm³/mol. The maximum atomic E-state index is 13.0. The Hall–Kier alpha value is -1.39. The van der Waals surface area contributed by atoms with Crippen LogP contribution in [-0.4, -0.2) is 17.6 Å². The van der Waals surface area contributed by atoms with Gasteiger partial charge in [-0.05, 0) is 24.7 Å². The van der Waals surface area contributed by atoms with Crippen molar-refractivity contribution in [2.24, 2.45) is 28.7 Å². The Kier molecular flexibility index (Phi) is 12.2. The number of amides is 2. The Labute approximate surface area is 159 Å². The number of carbonyl (C=O) groups excluding carboxylic acids is 3. The molecule has 0 aromatic rings. The number of unbranched alkanes of at least 4 members (excludes halogenated alkanes) is 2. The van der Waals surface area contributed by atoms with E-state index in [0.717, 1.165) is 51.4 Å². The smallest absolute Gasteiger partial charge is 0.231 e. The molecule has 2 atom stereocenters. The van der Waals surface area contributed by atoms with Crippen LogP contribution in [0.15, 0.2) is 0 Å². The highest BCUT2D eigenvalue weighted by atomic mass is 16.2. The van der Waals surface area contributed by atoms with E-state index in [2.05, 4.69) is 27.7 Å². The van der Waals surface area contributed by atoms with Crippen LogP contribution in [0, 0.1) is 17.3 Å². The maximum Gasteiger partial charge on any atom is 0.231 e. The Morgan fingerprint density at radius 1 is 0.808 bits per heavy atom. The van der Waals surface area contributed by atoms with Crippen LogP contribution in [0.4, 0.5) is 0 Å². The highest BCUT2D eigenvalue weighted by Gasteiger charge is 2.46. The van der Waals surface area contributed by atoms with E-state index >= 15 is 0 Å². The van der Waals surface area contributed by atoms with Gasteiger partial charge in [-0.15, -0.1) is 0 Å². The monoisotopic (exact) mass is 368 g/mol. The highest BCUT2D eigenvalue weighted by molar-refractivity contribution is 6.11. The summed E-state index contributed by atoms with van der Waals surface area (Å²) in [5.41, 5.74) is 9.80. The van der Waals surface area contributed by atoms with Crippen LogP contribution in [0.2, 0.25) is 0 Å². The Morgan fingerprint density at radius 3 is 1.50 bits per heavy atom. The summed E-state index contributed by atoms with van der Waals surface area (Å²) >= 11 is 0. The van der Waals surface area contributed by atoms with E-state index in [1.54, 1.807) is 0 Å². The maximum absolute atomic E-state index is 13.0. The predicted octanol–water partition coefficient (Wildman–Crippen LogP) is 4.12. The molecule has 4 N–H and O–H groups in total. The quantitative estimate of drug-likeness (QED) is 0.400. The molecule has 2 amide bonds. The van der Waals surface area contributed by atoms with Crippen molar-refractivity contribution in [1.29, 1.82) is 0 Å². The first-order valence-electron chi connectivity index (χ1n) is 10.4. The molecule has 0 aliphatic rings. The van der Waals surface area contributed by atoms with Crippen LogP contribution in [0.3, 0.4) is 0 Å². The Balaban J connectivity index is 5.70. The lowest BCUT2D eigenvalue weighted by atomic mass is 9.66. The largest absolute Gasteiger partial charge is 0.369 e. The van der Waals surface area contributed by atoms with Crippen LogP contribution in [-0.2, 0) is 14.4 Å². The molecule has 0 aliphatic heterocycles. The summed E-state index contributed by atoms with van der Waals surface area (Å²) in [6, 6.07) is 0. The first-order chi connectivity index (χ1) is 12.3. The molecule has 0 aromatic carbocycles. The molecule has 0 spiro atoms. The van der Waals surface area contributed by atoms with Crippen molar-refractivity contribution >= 4 is 17.6 Å². The summed E-state index contributed by atoms with van der Waals surface area (Å²) in [4.78, 5) is 36.9. The van der Waals surface area contributed by atoms with E-state index in [9.17, 15) is 14.4 Å². The summed E-state index contributed by atoms with van der Waals surface area (Å²) < 4.78 is 0. The zero-order valence-electron chi connectivity index (χ0n) is 17.3. The van der Waals surface area contributed by atoms with Crippen LogP contribution < -0.4 is 11.5 Å². The second kappa shape index (κ2) is 12.9. The number of hydrogen-bond acceptors (Lipinski definition) is 3. The molecule has 0 saturated carbocycles. The molecule has 0 aliphatic carbocycles. The van der Waals surface area contributed by atoms with Crippen LogP contribution in [0.5, 0.6) is 0 Å². The normalized spacial score (nSPS) is 15.8. The fraction of sp³-hybridized carbons (Fsp3) is 0.857. The first kappa shape index (κ1) is 24.6. The Morgan fingerprint density at radius 2 is 1.23 bits per heavy atom. The number of rotatable bonds is 16. The topological polar surface area (TPSA) is 103 Å². The Bertz CT molecular complexity index is 431. The third-order valence-electron chi connectivity index (χ3n) is 5.70. The number of nitrogens with two attached hydrogens (primary N) is 2. The minimum absolute atomic E-state index is 0.253. The summed E-state index contributed by atoms with van der Waals surface area (Å²) in [6.07, 6.45) is 8.46. The molecule has 0 radical (unpaired) electrons. The lowest BCUT2D eigenvalue weighted by molar-refractivity contribution is -0.144. The second-order valence-electron chi connectivity index (χ2n) is 7.75. The van der Waals surface area contributed by atoms with Gasteiger partial charge in [0, 0.05) is 0 Å². The van der Waals surface area contributed by atoms with Crippen LogP contribution in [0.1, 0.15) is 98.3 Å². The van der Waals surface area contributed by atoms with E-state index in [-0.39, 0.29) is 17.6 Å². The molecule has 0 rings (SSSR count). The van der Waals surface area contributed by atoms with Gasteiger partial charge >= 0.3 is 0 Å². The zero-order chi connectivity index (χ0) is 20.2. The molecule has 2 unspecified atom stereocenters. The van der Waals surface area contributed by atoms with Crippen LogP contribution in [0.25, 0.3) is 0 Å². The van der Waals surface area contributed by atoms with Crippen molar-refractivity contribution in [2.75, 3.05) is 0 Å². The molecule has 0 heterocycles. The summed E-state index contributed by atoms with van der Waals surface area (Å²) in [7, 11) is 0. The lowest BCUT2D eigenvalue weighted by Crippen LogP contribution is -2.47. The van der Waals surface area contributed by atoms with Gasteiger partial charge in [-0.25, -0.2) is 0 Å². The minimum Gasteiger partial charge on any atom is -0.369 e. The van der Waals surface area contributed by atoms with Gasteiger partial charge in [0.2, 0.25) is 11.8 Å². The average Bonchev–Trinajstić information content (AvgIpc) is 2.59. The molecule has 0 aromatic heterocycles. The van der Waals surface area contributed by atoms with Gasteiger partial charge in [0.1, 0.15) is 5.41 Å². The fourth-order valence-corrected chi connectivity index (χ4v) is 3.85. The SMILES string of the molecule is CCCCC(CC)CC(CC(CC)CCCC)(C(N)=O)C(=O)CC(N)=O. The molecule has 0 bridgehead atoms. The minimum atomic E-state index is -1.27. The molecule has 5 heteroatoms. The van der Waals surface area contributed by atoms with Crippen molar-refractivity contribution in [3.63, 3.8) is 0 Å². The van der Waals surface area contributed by atoms with Crippen molar-refractivity contribution < 1.29 is 14.4 Å². The van der Waals surface area contributed by atoms with E-state index in [4.69, 9.17) is 11.5 Å². The van der Waals surface area contributed by atoms with Gasteiger partial charge in [0.25, 0.3) is 0 Å². The molecule has 0 fully saturated rings. The molecule has 26 heavy (non-hydrogen) atoms. The second-order valence-corrected chi connectivity index (χ2v) is 7.75. The lowest BCUT2D eigenvalue weighted by Gasteiger charge is -2.35. The number of primary amides is 2. The number of Topliss-reactive ketones (excluding diaryl/α,β-unsaturated/α-hetero) is 1. The highest BCUT2D eigenvalue weighted by Crippen LogP contribution is 2.40. The van der Waals surface area contributed by atoms with E-state index in [1.807, 2.05) is 0 Å². The van der Waals surface area contributed by atoms with E-state index < -0.39 is 23.7 Å². The third kappa shape index (κ3) is 7.88. The van der Waals surface area contributed by atoms with Crippen molar-refractivity contribution in [2.45, 2.75) is 98.3 Å². The van der Waals surface area contributed by atoms with Gasteiger partial charge in [0.05, 0.1) is 6.42 Å². The van der Waals surface area contributed by atoms with Crippen molar-refractivity contribution in [1.82, 2.24) is 0 Å². The van der Waals surface area contributed by atoms with E-state index in [0.29, 0.717) is 12.8 Å². The summed E-state index contributed by atoms with van der Waals surface area (Å²) in [5, 5.41) is 0. The molecule has 0 saturated heterocycles. The van der Waals surface area contributed by atoms with Gasteiger partial charge in [-0.2, -0.15) is 0 Å². The van der Waals surface area contributed by atoms with Gasteiger partial charge in [0.15, 0.2) is 5.78 Å². The first-order valence-corrected chi connectivity index (χ1v) is 10.4. The molecule has 152 valence electrons. The fourth-order valence-electron chi connectivity index (χ4n) is 3.85.